The fourth-order valence-electron chi connectivity index (χ4n) is 1.94. The van der Waals surface area contributed by atoms with Gasteiger partial charge in [0.25, 0.3) is 0 Å². The Kier molecular flexibility index (Phi) is 5.12. The number of hydrogen-bond donors (Lipinski definition) is 2. The van der Waals surface area contributed by atoms with Crippen molar-refractivity contribution in [1.29, 1.82) is 0 Å². The lowest BCUT2D eigenvalue weighted by Crippen LogP contribution is -2.24. The molecule has 7 nitrogen and oxygen atoms in total. The van der Waals surface area contributed by atoms with E-state index in [1.54, 1.807) is 13.0 Å². The Labute approximate surface area is 135 Å². The van der Waals surface area contributed by atoms with Gasteiger partial charge in [0.15, 0.2) is 0 Å². The summed E-state index contributed by atoms with van der Waals surface area (Å²) in [5.74, 6) is -1.88. The smallest absolute Gasteiger partial charge is 0.387 e. The molecular weight excluding hydrogens is 324 g/mol. The van der Waals surface area contributed by atoms with Gasteiger partial charge in [-0.15, -0.1) is 0 Å². The van der Waals surface area contributed by atoms with Gasteiger partial charge in [-0.05, 0) is 31.5 Å². The van der Waals surface area contributed by atoms with E-state index in [0.29, 0.717) is 5.56 Å². The Balaban J connectivity index is 2.17. The molecule has 1 heterocycles. The highest BCUT2D eigenvalue weighted by atomic mass is 19.3. The Morgan fingerprint density at radius 1 is 1.38 bits per heavy atom. The standard InChI is InChI=1S/C15H15F2N3O4/c1-8-3-4-11(12(5-8)24-15(16)17)19-13(21)9(2)20-7-10(6-18-20)14(22)23/h3-7,9,15H,1-2H3,(H,19,21)(H,22,23). The number of halogens is 2. The maximum absolute atomic E-state index is 12.5. The first kappa shape index (κ1) is 17.4. The van der Waals surface area contributed by atoms with Crippen LogP contribution in [-0.2, 0) is 4.79 Å². The molecule has 2 N–H and O–H groups in total. The Morgan fingerprint density at radius 3 is 2.67 bits per heavy atom. The number of carboxylic acids is 1. The van der Waals surface area contributed by atoms with Gasteiger partial charge in [-0.2, -0.15) is 13.9 Å². The van der Waals surface area contributed by atoms with Gasteiger partial charge in [0.05, 0.1) is 17.4 Å². The number of hydrogen-bond acceptors (Lipinski definition) is 4. The molecule has 1 aromatic carbocycles. The molecule has 2 rings (SSSR count). The van der Waals surface area contributed by atoms with Gasteiger partial charge < -0.3 is 15.2 Å². The van der Waals surface area contributed by atoms with Gasteiger partial charge >= 0.3 is 12.6 Å². The average Bonchev–Trinajstić information content (AvgIpc) is 2.98. The van der Waals surface area contributed by atoms with E-state index < -0.39 is 24.5 Å². The monoisotopic (exact) mass is 339 g/mol. The van der Waals surface area contributed by atoms with E-state index in [9.17, 15) is 18.4 Å². The molecule has 9 heteroatoms. The number of ether oxygens (including phenoxy) is 1. The van der Waals surface area contributed by atoms with Crippen LogP contribution in [0.5, 0.6) is 5.75 Å². The molecule has 0 spiro atoms. The zero-order chi connectivity index (χ0) is 17.9. The van der Waals surface area contributed by atoms with Crippen LogP contribution in [0, 0.1) is 6.92 Å². The molecule has 1 amide bonds. The molecular formula is C15H15F2N3O4. The van der Waals surface area contributed by atoms with Crippen molar-refractivity contribution in [3.05, 3.63) is 41.7 Å². The summed E-state index contributed by atoms with van der Waals surface area (Å²) in [5.41, 5.74) is 0.713. The molecule has 0 fully saturated rings. The second-order valence-electron chi connectivity index (χ2n) is 5.06. The summed E-state index contributed by atoms with van der Waals surface area (Å²) in [6, 6.07) is 3.61. The largest absolute Gasteiger partial charge is 0.478 e. The molecule has 0 radical (unpaired) electrons. The van der Waals surface area contributed by atoms with Crippen molar-refractivity contribution in [2.24, 2.45) is 0 Å². The highest BCUT2D eigenvalue weighted by Gasteiger charge is 2.20. The number of benzene rings is 1. The number of aromatic carboxylic acids is 1. The number of anilines is 1. The molecule has 128 valence electrons. The van der Waals surface area contributed by atoms with Crippen molar-refractivity contribution in [3.63, 3.8) is 0 Å². The van der Waals surface area contributed by atoms with Crippen molar-refractivity contribution in [3.8, 4) is 5.75 Å². The van der Waals surface area contributed by atoms with Crippen molar-refractivity contribution < 1.29 is 28.2 Å². The molecule has 0 saturated carbocycles. The van der Waals surface area contributed by atoms with Crippen LogP contribution in [0.15, 0.2) is 30.6 Å². The summed E-state index contributed by atoms with van der Waals surface area (Å²) in [6.45, 7) is 0.170. The number of aromatic nitrogens is 2. The summed E-state index contributed by atoms with van der Waals surface area (Å²) >= 11 is 0. The molecule has 0 aliphatic rings. The van der Waals surface area contributed by atoms with Crippen molar-refractivity contribution in [1.82, 2.24) is 9.78 Å². The minimum atomic E-state index is -3.02. The third-order valence-corrected chi connectivity index (χ3v) is 3.24. The van der Waals surface area contributed by atoms with Crippen LogP contribution >= 0.6 is 0 Å². The number of amides is 1. The maximum Gasteiger partial charge on any atom is 0.387 e. The third kappa shape index (κ3) is 4.06. The fraction of sp³-hybridized carbons (Fsp3) is 0.267. The average molecular weight is 339 g/mol. The number of carbonyl (C=O) groups excluding carboxylic acids is 1. The molecule has 1 atom stereocenters. The van der Waals surface area contributed by atoms with Crippen molar-refractivity contribution in [2.45, 2.75) is 26.5 Å². The Hall–Kier alpha value is -2.97. The number of carboxylic acid groups (broad SMARTS) is 1. The quantitative estimate of drug-likeness (QED) is 0.844. The summed E-state index contributed by atoms with van der Waals surface area (Å²) < 4.78 is 30.5. The van der Waals surface area contributed by atoms with E-state index in [1.807, 2.05) is 0 Å². The molecule has 1 aromatic heterocycles. The number of nitrogens with zero attached hydrogens (tertiary/aromatic N) is 2. The number of carbonyl (C=O) groups is 2. The van der Waals surface area contributed by atoms with Gasteiger partial charge in [-0.1, -0.05) is 6.07 Å². The molecule has 0 aliphatic carbocycles. The molecule has 0 saturated heterocycles. The first-order chi connectivity index (χ1) is 11.3. The van der Waals surface area contributed by atoms with Crippen LogP contribution in [0.4, 0.5) is 14.5 Å². The SMILES string of the molecule is Cc1ccc(NC(=O)C(C)n2cc(C(=O)O)cn2)c(OC(F)F)c1. The van der Waals surface area contributed by atoms with Crippen LogP contribution in [0.3, 0.4) is 0 Å². The van der Waals surface area contributed by atoms with E-state index in [1.165, 1.54) is 29.9 Å². The maximum atomic E-state index is 12.5. The minimum absolute atomic E-state index is 0.0632. The van der Waals surface area contributed by atoms with Crippen LogP contribution in [-0.4, -0.2) is 33.4 Å². The highest BCUT2D eigenvalue weighted by Crippen LogP contribution is 2.28. The predicted octanol–water partition coefficient (Wildman–Crippen LogP) is 2.69. The van der Waals surface area contributed by atoms with Crippen LogP contribution in [0.25, 0.3) is 0 Å². The molecule has 0 aliphatic heterocycles. The van der Waals surface area contributed by atoms with Crippen LogP contribution in [0.2, 0.25) is 0 Å². The minimum Gasteiger partial charge on any atom is -0.478 e. The zero-order valence-corrected chi connectivity index (χ0v) is 12.9. The summed E-state index contributed by atoms with van der Waals surface area (Å²) in [4.78, 5) is 23.1. The lowest BCUT2D eigenvalue weighted by molar-refractivity contribution is -0.119. The van der Waals surface area contributed by atoms with Crippen LogP contribution < -0.4 is 10.1 Å². The highest BCUT2D eigenvalue weighted by molar-refractivity contribution is 5.95. The summed E-state index contributed by atoms with van der Waals surface area (Å²) in [7, 11) is 0. The van der Waals surface area contributed by atoms with E-state index in [0.717, 1.165) is 6.20 Å². The molecule has 1 unspecified atom stereocenters. The van der Waals surface area contributed by atoms with Crippen molar-refractivity contribution in [2.75, 3.05) is 5.32 Å². The lowest BCUT2D eigenvalue weighted by Gasteiger charge is -2.16. The topological polar surface area (TPSA) is 93.5 Å². The first-order valence-electron chi connectivity index (χ1n) is 6.91. The van der Waals surface area contributed by atoms with Gasteiger partial charge in [0, 0.05) is 6.20 Å². The first-order valence-corrected chi connectivity index (χ1v) is 6.91. The number of aryl methyl sites for hydroxylation is 1. The van der Waals surface area contributed by atoms with Crippen LogP contribution in [0.1, 0.15) is 28.9 Å². The predicted molar refractivity (Wildman–Crippen MR) is 80.3 cm³/mol. The second-order valence-corrected chi connectivity index (χ2v) is 5.06. The summed E-state index contributed by atoms with van der Waals surface area (Å²) in [6.07, 6.45) is 2.32. The lowest BCUT2D eigenvalue weighted by atomic mass is 10.2. The fourth-order valence-corrected chi connectivity index (χ4v) is 1.94. The number of nitrogens with one attached hydrogen (secondary N) is 1. The molecule has 0 bridgehead atoms. The Morgan fingerprint density at radius 2 is 2.08 bits per heavy atom. The van der Waals surface area contributed by atoms with E-state index in [-0.39, 0.29) is 17.0 Å². The normalized spacial score (nSPS) is 12.0. The van der Waals surface area contributed by atoms with E-state index in [2.05, 4.69) is 15.2 Å². The molecule has 24 heavy (non-hydrogen) atoms. The Bertz CT molecular complexity index is 761. The summed E-state index contributed by atoms with van der Waals surface area (Å²) in [5, 5.41) is 15.1. The van der Waals surface area contributed by atoms with Gasteiger partial charge in [0.1, 0.15) is 11.8 Å². The van der Waals surface area contributed by atoms with Crippen molar-refractivity contribution >= 4 is 17.6 Å². The zero-order valence-electron chi connectivity index (χ0n) is 12.9. The second kappa shape index (κ2) is 7.07. The van der Waals surface area contributed by atoms with Gasteiger partial charge in [-0.25, -0.2) is 4.79 Å². The molecule has 2 aromatic rings. The van der Waals surface area contributed by atoms with E-state index >= 15 is 0 Å². The van der Waals surface area contributed by atoms with Gasteiger partial charge in [-0.3, -0.25) is 9.48 Å². The number of rotatable bonds is 6. The van der Waals surface area contributed by atoms with E-state index in [4.69, 9.17) is 5.11 Å². The van der Waals surface area contributed by atoms with Gasteiger partial charge in [0.2, 0.25) is 5.91 Å². The third-order valence-electron chi connectivity index (χ3n) is 3.24. The number of alkyl halides is 2.